The molecule has 5 rings (SSSR count). The molecular weight excluding hydrogens is 424 g/mol. The van der Waals surface area contributed by atoms with Crippen molar-refractivity contribution in [2.24, 2.45) is 0 Å². The Morgan fingerprint density at radius 1 is 0.758 bits per heavy atom. The fourth-order valence-corrected chi connectivity index (χ4v) is 4.71. The number of hydrogen-bond donors (Lipinski definition) is 1. The number of nitrogens with one attached hydrogen (secondary N) is 1. The van der Waals surface area contributed by atoms with E-state index in [1.807, 2.05) is 12.1 Å². The summed E-state index contributed by atoms with van der Waals surface area (Å²) in [6, 6.07) is 31.6. The van der Waals surface area contributed by atoms with E-state index in [1.54, 1.807) is 11.3 Å². The molecule has 0 aliphatic heterocycles. The summed E-state index contributed by atoms with van der Waals surface area (Å²) in [5.41, 5.74) is 8.22. The molecule has 3 nitrogen and oxygen atoms in total. The van der Waals surface area contributed by atoms with E-state index < -0.39 is 0 Å². The van der Waals surface area contributed by atoms with Crippen LogP contribution in [0, 0.1) is 13.8 Å². The summed E-state index contributed by atoms with van der Waals surface area (Å²) >= 11 is 1.74. The van der Waals surface area contributed by atoms with E-state index in [-0.39, 0.29) is 0 Å². The number of rotatable bonds is 7. The molecule has 0 saturated carbocycles. The molecule has 0 unspecified atom stereocenters. The number of hydrogen-bond acceptors (Lipinski definition) is 4. The quantitative estimate of drug-likeness (QED) is 0.275. The largest absolute Gasteiger partial charge is 0.489 e. The summed E-state index contributed by atoms with van der Waals surface area (Å²) in [7, 11) is 0. The fourth-order valence-electron chi connectivity index (χ4n) is 3.64. The van der Waals surface area contributed by atoms with Gasteiger partial charge in [-0.1, -0.05) is 48.0 Å². The lowest BCUT2D eigenvalue weighted by Gasteiger charge is -2.09. The third-order valence-electron chi connectivity index (χ3n) is 5.62. The van der Waals surface area contributed by atoms with Crippen LogP contribution in [-0.4, -0.2) is 4.98 Å². The minimum absolute atomic E-state index is 0.582. The van der Waals surface area contributed by atoms with Crippen molar-refractivity contribution in [2.75, 3.05) is 5.32 Å². The van der Waals surface area contributed by atoms with Gasteiger partial charge in [-0.05, 0) is 79.1 Å². The Balaban J connectivity index is 1.16. The van der Waals surface area contributed by atoms with Crippen LogP contribution in [0.2, 0.25) is 0 Å². The van der Waals surface area contributed by atoms with Crippen LogP contribution in [0.25, 0.3) is 20.8 Å². The fraction of sp³-hybridized carbons (Fsp3) is 0.138. The first-order chi connectivity index (χ1) is 16.1. The van der Waals surface area contributed by atoms with E-state index in [0.717, 1.165) is 34.1 Å². The molecule has 0 aliphatic carbocycles. The standard InChI is InChI=1S/C29H26N2OS/c1-20-3-6-23(7-4-20)19-32-26-14-8-22(9-15-26)18-30-25-12-10-24(11-13-25)29-31-27-16-5-21(2)17-28(27)33-29/h3-17,30H,18-19H2,1-2H3. The normalized spacial score (nSPS) is 11.0. The summed E-state index contributed by atoms with van der Waals surface area (Å²) in [6.45, 7) is 5.55. The topological polar surface area (TPSA) is 34.1 Å². The van der Waals surface area contributed by atoms with Crippen molar-refractivity contribution < 1.29 is 4.74 Å². The molecular formula is C29H26N2OS. The first-order valence-electron chi connectivity index (χ1n) is 11.1. The van der Waals surface area contributed by atoms with E-state index in [1.165, 1.54) is 27.0 Å². The Morgan fingerprint density at radius 2 is 1.45 bits per heavy atom. The zero-order valence-electron chi connectivity index (χ0n) is 18.8. The van der Waals surface area contributed by atoms with Crippen LogP contribution in [0.4, 0.5) is 5.69 Å². The molecule has 0 amide bonds. The minimum atomic E-state index is 0.582. The number of nitrogens with zero attached hydrogens (tertiary/aromatic N) is 1. The molecule has 1 heterocycles. The average Bonchev–Trinajstić information content (AvgIpc) is 3.26. The van der Waals surface area contributed by atoms with Gasteiger partial charge in [-0.2, -0.15) is 0 Å². The van der Waals surface area contributed by atoms with Crippen molar-refractivity contribution in [3.05, 3.63) is 113 Å². The summed E-state index contributed by atoms with van der Waals surface area (Å²) in [4.78, 5) is 4.78. The highest BCUT2D eigenvalue weighted by Crippen LogP contribution is 2.31. The Labute approximate surface area is 198 Å². The number of aryl methyl sites for hydroxylation is 2. The zero-order valence-corrected chi connectivity index (χ0v) is 19.7. The van der Waals surface area contributed by atoms with Crippen LogP contribution in [0.1, 0.15) is 22.3 Å². The number of thiazole rings is 1. The van der Waals surface area contributed by atoms with Gasteiger partial charge >= 0.3 is 0 Å². The van der Waals surface area contributed by atoms with Gasteiger partial charge in [0.25, 0.3) is 0 Å². The Kier molecular flexibility index (Phi) is 6.09. The van der Waals surface area contributed by atoms with Crippen LogP contribution in [0.3, 0.4) is 0 Å². The van der Waals surface area contributed by atoms with Crippen molar-refractivity contribution in [3.63, 3.8) is 0 Å². The first-order valence-corrected chi connectivity index (χ1v) is 11.9. The van der Waals surface area contributed by atoms with Crippen molar-refractivity contribution in [1.29, 1.82) is 0 Å². The average molecular weight is 451 g/mol. The van der Waals surface area contributed by atoms with Crippen LogP contribution < -0.4 is 10.1 Å². The lowest BCUT2D eigenvalue weighted by Crippen LogP contribution is -2.00. The molecule has 0 radical (unpaired) electrons. The molecule has 0 aliphatic rings. The highest BCUT2D eigenvalue weighted by molar-refractivity contribution is 7.21. The molecule has 5 aromatic rings. The lowest BCUT2D eigenvalue weighted by molar-refractivity contribution is 0.306. The van der Waals surface area contributed by atoms with Gasteiger partial charge < -0.3 is 10.1 Å². The van der Waals surface area contributed by atoms with E-state index in [2.05, 4.69) is 98.0 Å². The zero-order chi connectivity index (χ0) is 22.6. The van der Waals surface area contributed by atoms with Gasteiger partial charge in [0, 0.05) is 17.8 Å². The summed E-state index contributed by atoms with van der Waals surface area (Å²) < 4.78 is 7.14. The number of anilines is 1. The second kappa shape index (κ2) is 9.47. The Morgan fingerprint density at radius 3 is 2.21 bits per heavy atom. The molecule has 0 saturated heterocycles. The molecule has 1 N–H and O–H groups in total. The van der Waals surface area contributed by atoms with Gasteiger partial charge in [0.15, 0.2) is 0 Å². The van der Waals surface area contributed by atoms with Gasteiger partial charge in [0.05, 0.1) is 10.2 Å². The van der Waals surface area contributed by atoms with Crippen molar-refractivity contribution in [2.45, 2.75) is 27.0 Å². The molecule has 4 aromatic carbocycles. The maximum atomic E-state index is 5.91. The SMILES string of the molecule is Cc1ccc(COc2ccc(CNc3ccc(-c4nc5ccc(C)cc5s4)cc3)cc2)cc1. The number of aromatic nitrogens is 1. The van der Waals surface area contributed by atoms with Gasteiger partial charge in [0.2, 0.25) is 0 Å². The molecule has 164 valence electrons. The van der Waals surface area contributed by atoms with Gasteiger partial charge in [-0.3, -0.25) is 0 Å². The predicted molar refractivity (Wildman–Crippen MR) is 139 cm³/mol. The van der Waals surface area contributed by atoms with Crippen LogP contribution in [0.15, 0.2) is 91.0 Å². The van der Waals surface area contributed by atoms with E-state index in [0.29, 0.717) is 6.61 Å². The summed E-state index contributed by atoms with van der Waals surface area (Å²) in [5.74, 6) is 0.884. The third kappa shape index (κ3) is 5.24. The molecule has 0 bridgehead atoms. The smallest absolute Gasteiger partial charge is 0.124 e. The molecule has 33 heavy (non-hydrogen) atoms. The number of benzene rings is 4. The van der Waals surface area contributed by atoms with Gasteiger partial charge in [0.1, 0.15) is 17.4 Å². The monoisotopic (exact) mass is 450 g/mol. The molecule has 1 aromatic heterocycles. The van der Waals surface area contributed by atoms with E-state index in [4.69, 9.17) is 9.72 Å². The number of ether oxygens (including phenoxy) is 1. The Hall–Kier alpha value is -3.63. The summed E-state index contributed by atoms with van der Waals surface area (Å²) in [6.07, 6.45) is 0. The minimum Gasteiger partial charge on any atom is -0.489 e. The highest BCUT2D eigenvalue weighted by Gasteiger charge is 2.06. The number of fused-ring (bicyclic) bond motifs is 1. The van der Waals surface area contributed by atoms with Gasteiger partial charge in [-0.15, -0.1) is 11.3 Å². The maximum Gasteiger partial charge on any atom is 0.124 e. The van der Waals surface area contributed by atoms with E-state index >= 15 is 0 Å². The molecule has 0 atom stereocenters. The molecule has 0 spiro atoms. The molecule has 4 heteroatoms. The Bertz CT molecular complexity index is 1350. The third-order valence-corrected chi connectivity index (χ3v) is 6.69. The van der Waals surface area contributed by atoms with Crippen molar-refractivity contribution >= 4 is 27.2 Å². The van der Waals surface area contributed by atoms with Crippen LogP contribution >= 0.6 is 11.3 Å². The maximum absolute atomic E-state index is 5.91. The predicted octanol–water partition coefficient (Wildman–Crippen LogP) is 7.77. The second-order valence-electron chi connectivity index (χ2n) is 8.34. The van der Waals surface area contributed by atoms with Gasteiger partial charge in [-0.25, -0.2) is 4.98 Å². The van der Waals surface area contributed by atoms with Crippen LogP contribution in [0.5, 0.6) is 5.75 Å². The molecule has 0 fully saturated rings. The van der Waals surface area contributed by atoms with Crippen molar-refractivity contribution in [3.8, 4) is 16.3 Å². The van der Waals surface area contributed by atoms with Crippen LogP contribution in [-0.2, 0) is 13.2 Å². The van der Waals surface area contributed by atoms with Crippen molar-refractivity contribution in [1.82, 2.24) is 4.98 Å². The highest BCUT2D eigenvalue weighted by atomic mass is 32.1. The van der Waals surface area contributed by atoms with E-state index in [9.17, 15) is 0 Å². The second-order valence-corrected chi connectivity index (χ2v) is 9.37. The first kappa shape index (κ1) is 21.2. The summed E-state index contributed by atoms with van der Waals surface area (Å²) in [5, 5.41) is 4.56. The lowest BCUT2D eigenvalue weighted by atomic mass is 10.1.